The highest BCUT2D eigenvalue weighted by Crippen LogP contribution is 2.13. The van der Waals surface area contributed by atoms with Crippen molar-refractivity contribution in [2.45, 2.75) is 45.2 Å². The number of hydrogen-bond acceptors (Lipinski definition) is 6. The van der Waals surface area contributed by atoms with Crippen LogP contribution >= 0.6 is 11.3 Å². The number of rotatable bonds is 7. The summed E-state index contributed by atoms with van der Waals surface area (Å²) in [5, 5.41) is 9.89. The fourth-order valence-corrected chi connectivity index (χ4v) is 3.63. The van der Waals surface area contributed by atoms with Crippen LogP contribution in [0.3, 0.4) is 0 Å². The topological polar surface area (TPSA) is 54.2 Å². The summed E-state index contributed by atoms with van der Waals surface area (Å²) >= 11 is 1.84. The highest BCUT2D eigenvalue weighted by Gasteiger charge is 2.20. The highest BCUT2D eigenvalue weighted by molar-refractivity contribution is 7.09. The Hall–Kier alpha value is -1.24. The molecular weight excluding hydrogens is 296 g/mol. The summed E-state index contributed by atoms with van der Waals surface area (Å²) < 4.78 is 5.19. The number of aryl methyl sites for hydroxylation is 1. The van der Waals surface area contributed by atoms with E-state index in [2.05, 4.69) is 37.9 Å². The van der Waals surface area contributed by atoms with Crippen LogP contribution in [0.4, 0.5) is 0 Å². The zero-order valence-corrected chi connectivity index (χ0v) is 13.9. The van der Waals surface area contributed by atoms with Gasteiger partial charge in [0.05, 0.1) is 6.54 Å². The Morgan fingerprint density at radius 2 is 2.45 bits per heavy atom. The third kappa shape index (κ3) is 4.38. The van der Waals surface area contributed by atoms with E-state index >= 15 is 0 Å². The maximum atomic E-state index is 5.19. The van der Waals surface area contributed by atoms with Gasteiger partial charge in [-0.1, -0.05) is 18.1 Å². The molecule has 0 unspecified atom stereocenters. The molecule has 1 aliphatic rings. The maximum absolute atomic E-state index is 5.19. The number of thiophene rings is 1. The van der Waals surface area contributed by atoms with Gasteiger partial charge in [-0.05, 0) is 37.3 Å². The highest BCUT2D eigenvalue weighted by atomic mass is 32.1. The first-order valence-corrected chi connectivity index (χ1v) is 9.01. The van der Waals surface area contributed by atoms with E-state index < -0.39 is 0 Å². The van der Waals surface area contributed by atoms with E-state index in [0.717, 1.165) is 50.7 Å². The lowest BCUT2D eigenvalue weighted by Gasteiger charge is -2.32. The molecule has 1 N–H and O–H groups in total. The molecule has 3 heterocycles. The van der Waals surface area contributed by atoms with Crippen molar-refractivity contribution in [3.8, 4) is 0 Å². The largest absolute Gasteiger partial charge is 0.339 e. The second kappa shape index (κ2) is 7.85. The molecule has 5 nitrogen and oxygen atoms in total. The van der Waals surface area contributed by atoms with Gasteiger partial charge in [0.25, 0.3) is 0 Å². The van der Waals surface area contributed by atoms with Crippen molar-refractivity contribution < 1.29 is 4.52 Å². The molecule has 0 aliphatic carbocycles. The Labute approximate surface area is 135 Å². The van der Waals surface area contributed by atoms with E-state index in [9.17, 15) is 0 Å². The van der Waals surface area contributed by atoms with Crippen LogP contribution in [0.2, 0.25) is 0 Å². The Balaban J connectivity index is 1.42. The van der Waals surface area contributed by atoms with E-state index in [0.29, 0.717) is 6.04 Å². The zero-order chi connectivity index (χ0) is 15.2. The molecule has 22 heavy (non-hydrogen) atoms. The molecule has 0 bridgehead atoms. The summed E-state index contributed by atoms with van der Waals surface area (Å²) in [7, 11) is 0. The molecular formula is C16H24N4OS. The fourth-order valence-electron chi connectivity index (χ4n) is 2.92. The van der Waals surface area contributed by atoms with E-state index in [1.807, 2.05) is 18.3 Å². The molecule has 0 aromatic carbocycles. The minimum Gasteiger partial charge on any atom is -0.339 e. The quantitative estimate of drug-likeness (QED) is 0.849. The normalized spacial score (nSPS) is 19.6. The number of piperidine rings is 1. The van der Waals surface area contributed by atoms with Crippen molar-refractivity contribution >= 4 is 11.3 Å². The summed E-state index contributed by atoms with van der Waals surface area (Å²) in [5.41, 5.74) is 0. The van der Waals surface area contributed by atoms with Crippen LogP contribution in [0, 0.1) is 0 Å². The van der Waals surface area contributed by atoms with Gasteiger partial charge in [0.2, 0.25) is 5.89 Å². The number of hydrogen-bond donors (Lipinski definition) is 1. The smallest absolute Gasteiger partial charge is 0.226 e. The molecule has 0 radical (unpaired) electrons. The lowest BCUT2D eigenvalue weighted by Crippen LogP contribution is -2.45. The van der Waals surface area contributed by atoms with Gasteiger partial charge in [0.1, 0.15) is 0 Å². The van der Waals surface area contributed by atoms with Gasteiger partial charge in [-0.2, -0.15) is 4.98 Å². The predicted molar refractivity (Wildman–Crippen MR) is 88.0 cm³/mol. The first-order valence-electron chi connectivity index (χ1n) is 8.13. The number of nitrogens with one attached hydrogen (secondary N) is 1. The van der Waals surface area contributed by atoms with Crippen LogP contribution in [-0.4, -0.2) is 40.7 Å². The molecule has 2 aromatic rings. The number of nitrogens with zero attached hydrogens (tertiary/aromatic N) is 3. The summed E-state index contributed by atoms with van der Waals surface area (Å²) in [6, 6.07) is 4.91. The molecule has 2 aromatic heterocycles. The van der Waals surface area contributed by atoms with Crippen molar-refractivity contribution in [1.29, 1.82) is 0 Å². The van der Waals surface area contributed by atoms with Crippen molar-refractivity contribution in [2.24, 2.45) is 0 Å². The van der Waals surface area contributed by atoms with Gasteiger partial charge in [0.15, 0.2) is 5.82 Å². The minimum absolute atomic E-state index is 0.575. The second-order valence-electron chi connectivity index (χ2n) is 5.82. The van der Waals surface area contributed by atoms with E-state index in [4.69, 9.17) is 4.52 Å². The molecule has 1 aliphatic heterocycles. The molecule has 1 saturated heterocycles. The summed E-state index contributed by atoms with van der Waals surface area (Å²) in [6.07, 6.45) is 4.42. The Morgan fingerprint density at radius 1 is 1.50 bits per heavy atom. The SMILES string of the molecule is CCc1nc(CN2CCC[C@H](NCCc3cccs3)C2)no1. The van der Waals surface area contributed by atoms with Gasteiger partial charge >= 0.3 is 0 Å². The van der Waals surface area contributed by atoms with Crippen LogP contribution in [0.5, 0.6) is 0 Å². The lowest BCUT2D eigenvalue weighted by atomic mass is 10.1. The monoisotopic (exact) mass is 320 g/mol. The van der Waals surface area contributed by atoms with Crippen molar-refractivity contribution in [3.63, 3.8) is 0 Å². The minimum atomic E-state index is 0.575. The molecule has 3 rings (SSSR count). The van der Waals surface area contributed by atoms with E-state index in [-0.39, 0.29) is 0 Å². The van der Waals surface area contributed by atoms with E-state index in [1.165, 1.54) is 17.7 Å². The third-order valence-electron chi connectivity index (χ3n) is 4.07. The Bertz CT molecular complexity index is 554. The molecule has 0 saturated carbocycles. The van der Waals surface area contributed by atoms with Crippen LogP contribution in [0.25, 0.3) is 0 Å². The Kier molecular flexibility index (Phi) is 5.58. The average Bonchev–Trinajstić information content (AvgIpc) is 3.19. The molecule has 0 spiro atoms. The summed E-state index contributed by atoms with van der Waals surface area (Å²) in [4.78, 5) is 8.29. The average molecular weight is 320 g/mol. The van der Waals surface area contributed by atoms with Gasteiger partial charge in [-0.3, -0.25) is 4.90 Å². The number of likely N-dealkylation sites (tertiary alicyclic amines) is 1. The summed E-state index contributed by atoms with van der Waals surface area (Å²) in [6.45, 7) is 6.08. The van der Waals surface area contributed by atoms with Gasteiger partial charge in [-0.25, -0.2) is 0 Å². The maximum Gasteiger partial charge on any atom is 0.226 e. The van der Waals surface area contributed by atoms with Crippen LogP contribution in [-0.2, 0) is 19.4 Å². The predicted octanol–water partition coefficient (Wildman–Crippen LogP) is 2.49. The standard InChI is InChI=1S/C16H24N4OS/c1-2-16-18-15(19-21-16)12-20-9-3-5-13(11-20)17-8-7-14-6-4-10-22-14/h4,6,10,13,17H,2-3,5,7-9,11-12H2,1H3/t13-/m0/s1. The van der Waals surface area contributed by atoms with E-state index in [1.54, 1.807) is 0 Å². The van der Waals surface area contributed by atoms with Gasteiger partial charge in [-0.15, -0.1) is 11.3 Å². The van der Waals surface area contributed by atoms with Gasteiger partial charge < -0.3 is 9.84 Å². The van der Waals surface area contributed by atoms with Crippen molar-refractivity contribution in [1.82, 2.24) is 20.4 Å². The molecule has 120 valence electrons. The van der Waals surface area contributed by atoms with Crippen LogP contribution < -0.4 is 5.32 Å². The van der Waals surface area contributed by atoms with Gasteiger partial charge in [0, 0.05) is 30.4 Å². The van der Waals surface area contributed by atoms with Crippen LogP contribution in [0.15, 0.2) is 22.0 Å². The molecule has 1 atom stereocenters. The first kappa shape index (κ1) is 15.6. The zero-order valence-electron chi connectivity index (χ0n) is 13.1. The second-order valence-corrected chi connectivity index (χ2v) is 6.85. The Morgan fingerprint density at radius 3 is 3.23 bits per heavy atom. The van der Waals surface area contributed by atoms with Crippen molar-refractivity contribution in [3.05, 3.63) is 34.1 Å². The fraction of sp³-hybridized carbons (Fsp3) is 0.625. The number of aromatic nitrogens is 2. The lowest BCUT2D eigenvalue weighted by molar-refractivity contribution is 0.178. The molecule has 1 fully saturated rings. The van der Waals surface area contributed by atoms with Crippen LogP contribution in [0.1, 0.15) is 36.4 Å². The first-order chi connectivity index (χ1) is 10.8. The molecule has 0 amide bonds. The summed E-state index contributed by atoms with van der Waals surface area (Å²) in [5.74, 6) is 1.55. The third-order valence-corrected chi connectivity index (χ3v) is 5.00. The molecule has 6 heteroatoms. The van der Waals surface area contributed by atoms with Crippen molar-refractivity contribution in [2.75, 3.05) is 19.6 Å².